The third-order valence-corrected chi connectivity index (χ3v) is 5.34. The first-order valence-corrected chi connectivity index (χ1v) is 10.5. The summed E-state index contributed by atoms with van der Waals surface area (Å²) in [6, 6.07) is 18.7. The first-order chi connectivity index (χ1) is 14.5. The third-order valence-electron chi connectivity index (χ3n) is 4.54. The highest BCUT2D eigenvalue weighted by atomic mass is 127. The molecule has 0 aliphatic rings. The lowest BCUT2D eigenvalue weighted by molar-refractivity contribution is 0.0697. The number of carboxylic acid groups (broad SMARTS) is 1. The van der Waals surface area contributed by atoms with Crippen molar-refractivity contribution in [3.8, 4) is 11.5 Å². The summed E-state index contributed by atoms with van der Waals surface area (Å²) < 4.78 is 12.4. The second-order valence-corrected chi connectivity index (χ2v) is 7.77. The molecule has 154 valence electrons. The molecule has 5 nitrogen and oxygen atoms in total. The number of aliphatic imine (C=N–C) groups is 1. The number of carboxylic acids is 1. The van der Waals surface area contributed by atoms with E-state index in [-0.39, 0.29) is 5.56 Å². The van der Waals surface area contributed by atoms with Crippen molar-refractivity contribution in [1.29, 1.82) is 0 Å². The van der Waals surface area contributed by atoms with Crippen molar-refractivity contribution in [1.82, 2.24) is 0 Å². The van der Waals surface area contributed by atoms with Crippen molar-refractivity contribution < 1.29 is 19.4 Å². The number of halogens is 1. The summed E-state index contributed by atoms with van der Waals surface area (Å²) >= 11 is 2.21. The second-order valence-electron chi connectivity index (χ2n) is 6.60. The smallest absolute Gasteiger partial charge is 0.335 e. The Morgan fingerprint density at radius 2 is 1.73 bits per heavy atom. The average molecular weight is 515 g/mol. The average Bonchev–Trinajstić information content (AvgIpc) is 2.77. The van der Waals surface area contributed by atoms with Crippen LogP contribution in [-0.2, 0) is 13.0 Å². The zero-order chi connectivity index (χ0) is 21.5. The van der Waals surface area contributed by atoms with Gasteiger partial charge in [-0.25, -0.2) is 4.79 Å². The van der Waals surface area contributed by atoms with E-state index in [9.17, 15) is 4.79 Å². The maximum Gasteiger partial charge on any atom is 0.335 e. The molecule has 0 aromatic heterocycles. The highest BCUT2D eigenvalue weighted by Gasteiger charge is 2.12. The Hall–Kier alpha value is -2.87. The Morgan fingerprint density at radius 1 is 1.07 bits per heavy atom. The molecule has 0 aliphatic heterocycles. The fourth-order valence-corrected chi connectivity index (χ4v) is 3.60. The summed E-state index contributed by atoms with van der Waals surface area (Å²) in [5.74, 6) is 0.314. The number of methoxy groups -OCH3 is 1. The molecule has 0 bridgehead atoms. The molecular weight excluding hydrogens is 493 g/mol. The number of hydrogen-bond donors (Lipinski definition) is 1. The van der Waals surface area contributed by atoms with Crippen molar-refractivity contribution in [2.45, 2.75) is 20.0 Å². The topological polar surface area (TPSA) is 68.1 Å². The van der Waals surface area contributed by atoms with Crippen molar-refractivity contribution in [2.75, 3.05) is 7.11 Å². The number of nitrogens with zero attached hydrogens (tertiary/aromatic N) is 1. The zero-order valence-electron chi connectivity index (χ0n) is 16.8. The molecule has 0 saturated carbocycles. The van der Waals surface area contributed by atoms with Crippen LogP contribution in [0.25, 0.3) is 0 Å². The quantitative estimate of drug-likeness (QED) is 0.300. The maximum absolute atomic E-state index is 11.0. The second kappa shape index (κ2) is 10.2. The first kappa shape index (κ1) is 21.8. The van der Waals surface area contributed by atoms with Crippen LogP contribution in [0.4, 0.5) is 5.69 Å². The van der Waals surface area contributed by atoms with Gasteiger partial charge in [0.05, 0.1) is 21.9 Å². The monoisotopic (exact) mass is 515 g/mol. The van der Waals surface area contributed by atoms with E-state index in [0.29, 0.717) is 18.1 Å². The summed E-state index contributed by atoms with van der Waals surface area (Å²) in [6.07, 6.45) is 2.81. The fourth-order valence-electron chi connectivity index (χ4n) is 2.82. The van der Waals surface area contributed by atoms with Gasteiger partial charge in [0.2, 0.25) is 0 Å². The third kappa shape index (κ3) is 5.60. The van der Waals surface area contributed by atoms with Crippen LogP contribution in [0.2, 0.25) is 0 Å². The Labute approximate surface area is 189 Å². The predicted molar refractivity (Wildman–Crippen MR) is 127 cm³/mol. The van der Waals surface area contributed by atoms with E-state index in [1.54, 1.807) is 37.6 Å². The summed E-state index contributed by atoms with van der Waals surface area (Å²) in [6.45, 7) is 2.44. The van der Waals surface area contributed by atoms with Gasteiger partial charge in [-0.2, -0.15) is 0 Å². The van der Waals surface area contributed by atoms with Crippen LogP contribution < -0.4 is 9.47 Å². The number of benzene rings is 3. The molecule has 0 fully saturated rings. The molecule has 6 heteroatoms. The van der Waals surface area contributed by atoms with Crippen LogP contribution in [0, 0.1) is 3.57 Å². The van der Waals surface area contributed by atoms with Crippen LogP contribution in [0.3, 0.4) is 0 Å². The van der Waals surface area contributed by atoms with E-state index in [1.165, 1.54) is 5.56 Å². The largest absolute Gasteiger partial charge is 0.493 e. The molecule has 0 saturated heterocycles. The van der Waals surface area contributed by atoms with Gasteiger partial charge in [0, 0.05) is 6.21 Å². The summed E-state index contributed by atoms with van der Waals surface area (Å²) in [5.41, 5.74) is 4.21. The van der Waals surface area contributed by atoms with Crippen LogP contribution in [0.1, 0.15) is 34.0 Å². The van der Waals surface area contributed by atoms with Gasteiger partial charge in [0.15, 0.2) is 11.5 Å². The van der Waals surface area contributed by atoms with Gasteiger partial charge in [-0.05, 0) is 82.1 Å². The van der Waals surface area contributed by atoms with Crippen LogP contribution >= 0.6 is 22.6 Å². The molecule has 0 unspecified atom stereocenters. The van der Waals surface area contributed by atoms with E-state index >= 15 is 0 Å². The zero-order valence-corrected chi connectivity index (χ0v) is 18.9. The van der Waals surface area contributed by atoms with Gasteiger partial charge in [-0.1, -0.05) is 31.2 Å². The molecule has 30 heavy (non-hydrogen) atoms. The number of rotatable bonds is 8. The highest BCUT2D eigenvalue weighted by Crippen LogP contribution is 2.34. The first-order valence-electron chi connectivity index (χ1n) is 9.45. The normalized spacial score (nSPS) is 10.9. The lowest BCUT2D eigenvalue weighted by Crippen LogP contribution is -2.02. The molecular formula is C24H22INO4. The minimum atomic E-state index is -0.947. The molecule has 0 radical (unpaired) electrons. The number of ether oxygens (including phenoxy) is 2. The molecule has 3 aromatic rings. The van der Waals surface area contributed by atoms with E-state index in [0.717, 1.165) is 26.8 Å². The number of carbonyl (C=O) groups is 1. The lowest BCUT2D eigenvalue weighted by atomic mass is 10.1. The SMILES string of the molecule is CCc1ccc(N=Cc2cc(I)c(OCc3ccc(C(=O)O)cc3)c(OC)c2)cc1. The molecule has 0 aliphatic carbocycles. The van der Waals surface area contributed by atoms with Gasteiger partial charge in [-0.15, -0.1) is 0 Å². The molecule has 1 N–H and O–H groups in total. The predicted octanol–water partition coefficient (Wildman–Crippen LogP) is 5.89. The van der Waals surface area contributed by atoms with Crippen molar-refractivity contribution in [3.63, 3.8) is 0 Å². The van der Waals surface area contributed by atoms with Crippen LogP contribution in [-0.4, -0.2) is 24.4 Å². The van der Waals surface area contributed by atoms with Crippen molar-refractivity contribution in [2.24, 2.45) is 4.99 Å². The molecule has 0 spiro atoms. The number of aryl methyl sites for hydroxylation is 1. The van der Waals surface area contributed by atoms with Crippen molar-refractivity contribution >= 4 is 40.5 Å². The Morgan fingerprint density at radius 3 is 2.33 bits per heavy atom. The van der Waals surface area contributed by atoms with Crippen molar-refractivity contribution in [3.05, 3.63) is 86.5 Å². The standard InChI is InChI=1S/C24H22INO4/c1-3-16-6-10-20(11-7-16)26-14-18-12-21(25)23(22(13-18)29-2)30-15-17-4-8-19(9-5-17)24(27)28/h4-14H,3,15H2,1-2H3,(H,27,28). The lowest BCUT2D eigenvalue weighted by Gasteiger charge is -2.13. The van der Waals surface area contributed by atoms with Gasteiger partial charge in [0.25, 0.3) is 0 Å². The summed E-state index contributed by atoms with van der Waals surface area (Å²) in [4.78, 5) is 15.5. The van der Waals surface area contributed by atoms with Crippen LogP contribution in [0.5, 0.6) is 11.5 Å². The van der Waals surface area contributed by atoms with Gasteiger partial charge >= 0.3 is 5.97 Å². The molecule has 0 amide bonds. The Balaban J connectivity index is 1.74. The summed E-state index contributed by atoms with van der Waals surface area (Å²) in [7, 11) is 1.60. The summed E-state index contributed by atoms with van der Waals surface area (Å²) in [5, 5.41) is 8.99. The molecule has 0 heterocycles. The van der Waals surface area contributed by atoms with Gasteiger partial charge < -0.3 is 14.6 Å². The van der Waals surface area contributed by atoms with Gasteiger partial charge in [-0.3, -0.25) is 4.99 Å². The molecule has 3 aromatic carbocycles. The number of hydrogen-bond acceptors (Lipinski definition) is 4. The van der Waals surface area contributed by atoms with E-state index < -0.39 is 5.97 Å². The van der Waals surface area contributed by atoms with E-state index in [1.807, 2.05) is 24.3 Å². The fraction of sp³-hybridized carbons (Fsp3) is 0.167. The highest BCUT2D eigenvalue weighted by molar-refractivity contribution is 14.1. The van der Waals surface area contributed by atoms with Gasteiger partial charge in [0.1, 0.15) is 6.61 Å². The Bertz CT molecular complexity index is 1040. The van der Waals surface area contributed by atoms with E-state index in [2.05, 4.69) is 46.6 Å². The maximum atomic E-state index is 11.0. The molecule has 3 rings (SSSR count). The molecule has 0 atom stereocenters. The minimum absolute atomic E-state index is 0.249. The minimum Gasteiger partial charge on any atom is -0.493 e. The number of aromatic carboxylic acids is 1. The van der Waals surface area contributed by atoms with E-state index in [4.69, 9.17) is 14.6 Å². The Kier molecular flexibility index (Phi) is 7.46. The van der Waals surface area contributed by atoms with Crippen LogP contribution in [0.15, 0.2) is 65.7 Å².